The van der Waals surface area contributed by atoms with E-state index in [1.54, 1.807) is 17.0 Å². The molecule has 0 radical (unpaired) electrons. The summed E-state index contributed by atoms with van der Waals surface area (Å²) in [5, 5.41) is 21.3. The van der Waals surface area contributed by atoms with Gasteiger partial charge in [-0.2, -0.15) is 0 Å². The van der Waals surface area contributed by atoms with E-state index in [9.17, 15) is 14.7 Å². The highest BCUT2D eigenvalue weighted by Crippen LogP contribution is 2.32. The molecule has 3 N–H and O–H groups in total. The Balaban J connectivity index is 1.90. The predicted octanol–water partition coefficient (Wildman–Crippen LogP) is 2.08. The smallest absolute Gasteiger partial charge is 0.335 e. The monoisotopic (exact) mass is 320 g/mol. The first-order chi connectivity index (χ1) is 11.0. The lowest BCUT2D eigenvalue weighted by molar-refractivity contribution is 0.0439. The summed E-state index contributed by atoms with van der Waals surface area (Å²) in [5.74, 6) is -0.964. The van der Waals surface area contributed by atoms with Crippen LogP contribution >= 0.6 is 0 Å². The molecule has 1 saturated heterocycles. The van der Waals surface area contributed by atoms with Crippen molar-refractivity contribution in [1.82, 2.24) is 10.2 Å². The average molecular weight is 320 g/mol. The normalized spacial score (nSPS) is 21.0. The highest BCUT2D eigenvalue weighted by Gasteiger charge is 2.35. The number of carboxylic acid groups (broad SMARTS) is 1. The zero-order valence-corrected chi connectivity index (χ0v) is 13.4. The van der Waals surface area contributed by atoms with E-state index in [1.165, 1.54) is 12.1 Å². The van der Waals surface area contributed by atoms with Crippen LogP contribution in [-0.4, -0.2) is 46.8 Å². The summed E-state index contributed by atoms with van der Waals surface area (Å²) in [5.41, 5.74) is 0.898. The number of hydrogen-bond donors (Lipinski definition) is 3. The van der Waals surface area contributed by atoms with Crippen LogP contribution in [0.1, 0.15) is 42.1 Å². The molecular formula is C17H24N2O4. The van der Waals surface area contributed by atoms with E-state index in [4.69, 9.17) is 5.11 Å². The van der Waals surface area contributed by atoms with E-state index in [-0.39, 0.29) is 23.6 Å². The second-order valence-corrected chi connectivity index (χ2v) is 6.20. The first-order valence-corrected chi connectivity index (χ1v) is 7.95. The maximum atomic E-state index is 12.3. The number of aliphatic hydroxyl groups is 1. The number of piperidine rings is 1. The number of urea groups is 1. The number of likely N-dealkylation sites (tertiary alicyclic amines) is 1. The number of amides is 2. The van der Waals surface area contributed by atoms with Gasteiger partial charge in [0.1, 0.15) is 0 Å². The lowest BCUT2D eigenvalue weighted by Gasteiger charge is -2.41. The molecule has 1 fully saturated rings. The summed E-state index contributed by atoms with van der Waals surface area (Å²) >= 11 is 0. The van der Waals surface area contributed by atoms with Gasteiger partial charge in [0.25, 0.3) is 0 Å². The Kier molecular flexibility index (Phi) is 5.60. The minimum absolute atomic E-state index is 0.101. The first-order valence-electron chi connectivity index (χ1n) is 7.95. The van der Waals surface area contributed by atoms with E-state index in [1.807, 2.05) is 6.92 Å². The summed E-state index contributed by atoms with van der Waals surface area (Å²) in [6.45, 7) is 3.77. The highest BCUT2D eigenvalue weighted by atomic mass is 16.4. The SMILES string of the molecule is CCC1(CO)CCCN(C(=O)NCc2ccc(C(=O)O)cc2)C1. The Bertz CT molecular complexity index is 552. The van der Waals surface area contributed by atoms with Crippen LogP contribution in [0.2, 0.25) is 0 Å². The summed E-state index contributed by atoms with van der Waals surface area (Å²) in [6, 6.07) is 6.31. The van der Waals surface area contributed by atoms with E-state index in [0.717, 1.165) is 24.8 Å². The fourth-order valence-corrected chi connectivity index (χ4v) is 2.97. The molecule has 0 aromatic heterocycles. The van der Waals surface area contributed by atoms with Gasteiger partial charge in [-0.15, -0.1) is 0 Å². The molecule has 2 rings (SSSR count). The summed E-state index contributed by atoms with van der Waals surface area (Å²) in [4.78, 5) is 24.9. The molecule has 126 valence electrons. The maximum Gasteiger partial charge on any atom is 0.335 e. The molecule has 0 saturated carbocycles. The molecule has 23 heavy (non-hydrogen) atoms. The van der Waals surface area contributed by atoms with Crippen LogP contribution in [0.4, 0.5) is 4.79 Å². The van der Waals surface area contributed by atoms with Crippen molar-refractivity contribution in [1.29, 1.82) is 0 Å². The molecule has 1 aliphatic heterocycles. The third-order valence-electron chi connectivity index (χ3n) is 4.68. The van der Waals surface area contributed by atoms with Crippen molar-refractivity contribution in [2.75, 3.05) is 19.7 Å². The van der Waals surface area contributed by atoms with Crippen molar-refractivity contribution in [3.8, 4) is 0 Å². The molecule has 6 heteroatoms. The van der Waals surface area contributed by atoms with Crippen molar-refractivity contribution in [2.45, 2.75) is 32.7 Å². The molecule has 1 aromatic rings. The molecule has 6 nitrogen and oxygen atoms in total. The molecule has 2 amide bonds. The van der Waals surface area contributed by atoms with Crippen LogP contribution < -0.4 is 5.32 Å². The van der Waals surface area contributed by atoms with Gasteiger partial charge >= 0.3 is 12.0 Å². The fraction of sp³-hybridized carbons (Fsp3) is 0.529. The molecule has 0 bridgehead atoms. The van der Waals surface area contributed by atoms with Crippen LogP contribution in [0.3, 0.4) is 0 Å². The Morgan fingerprint density at radius 3 is 2.57 bits per heavy atom. The number of rotatable bonds is 5. The number of carbonyl (C=O) groups excluding carboxylic acids is 1. The summed E-state index contributed by atoms with van der Waals surface area (Å²) < 4.78 is 0. The second kappa shape index (κ2) is 7.46. The topological polar surface area (TPSA) is 89.9 Å². The number of benzene rings is 1. The van der Waals surface area contributed by atoms with Crippen LogP contribution in [-0.2, 0) is 6.54 Å². The third kappa shape index (κ3) is 4.22. The predicted molar refractivity (Wildman–Crippen MR) is 86.3 cm³/mol. The number of carbonyl (C=O) groups is 2. The quantitative estimate of drug-likeness (QED) is 0.775. The van der Waals surface area contributed by atoms with Crippen molar-refractivity contribution in [3.05, 3.63) is 35.4 Å². The van der Waals surface area contributed by atoms with Gasteiger partial charge in [-0.1, -0.05) is 19.1 Å². The zero-order valence-electron chi connectivity index (χ0n) is 13.4. The number of aliphatic hydroxyl groups excluding tert-OH is 1. The van der Waals surface area contributed by atoms with Gasteiger partial charge in [0.2, 0.25) is 0 Å². The molecule has 1 unspecified atom stereocenters. The molecule has 1 atom stereocenters. The number of aromatic carboxylic acids is 1. The number of carboxylic acids is 1. The lowest BCUT2D eigenvalue weighted by atomic mass is 9.78. The average Bonchev–Trinajstić information content (AvgIpc) is 2.60. The van der Waals surface area contributed by atoms with Crippen molar-refractivity contribution < 1.29 is 19.8 Å². The van der Waals surface area contributed by atoms with Gasteiger partial charge < -0.3 is 20.4 Å². The Hall–Kier alpha value is -2.08. The first kappa shape index (κ1) is 17.3. The Morgan fingerprint density at radius 2 is 2.00 bits per heavy atom. The standard InChI is InChI=1S/C17H24N2O4/c1-2-17(12-20)8-3-9-19(11-17)16(23)18-10-13-4-6-14(7-5-13)15(21)22/h4-7,20H,2-3,8-12H2,1H3,(H,18,23)(H,21,22). The molecule has 1 heterocycles. The number of hydrogen-bond acceptors (Lipinski definition) is 3. The molecule has 1 aliphatic rings. The minimum atomic E-state index is -0.964. The van der Waals surface area contributed by atoms with Gasteiger partial charge in [-0.25, -0.2) is 9.59 Å². The van der Waals surface area contributed by atoms with Crippen molar-refractivity contribution in [2.24, 2.45) is 5.41 Å². The largest absolute Gasteiger partial charge is 0.478 e. The highest BCUT2D eigenvalue weighted by molar-refractivity contribution is 5.87. The van der Waals surface area contributed by atoms with Crippen LogP contribution in [0, 0.1) is 5.41 Å². The Labute approximate surface area is 136 Å². The number of nitrogens with zero attached hydrogens (tertiary/aromatic N) is 1. The maximum absolute atomic E-state index is 12.3. The lowest BCUT2D eigenvalue weighted by Crippen LogP contribution is -2.50. The van der Waals surface area contributed by atoms with Crippen LogP contribution in [0.25, 0.3) is 0 Å². The molecule has 1 aromatic carbocycles. The van der Waals surface area contributed by atoms with E-state index < -0.39 is 5.97 Å². The van der Waals surface area contributed by atoms with Crippen LogP contribution in [0.5, 0.6) is 0 Å². The van der Waals surface area contributed by atoms with Gasteiger partial charge in [0.15, 0.2) is 0 Å². The molecule has 0 aliphatic carbocycles. The Morgan fingerprint density at radius 1 is 1.30 bits per heavy atom. The minimum Gasteiger partial charge on any atom is -0.478 e. The zero-order chi connectivity index (χ0) is 16.9. The van der Waals surface area contributed by atoms with Crippen molar-refractivity contribution >= 4 is 12.0 Å². The summed E-state index contributed by atoms with van der Waals surface area (Å²) in [7, 11) is 0. The summed E-state index contributed by atoms with van der Waals surface area (Å²) in [6.07, 6.45) is 2.69. The van der Waals surface area contributed by atoms with E-state index >= 15 is 0 Å². The van der Waals surface area contributed by atoms with Gasteiger partial charge in [-0.05, 0) is 37.0 Å². The van der Waals surface area contributed by atoms with E-state index in [0.29, 0.717) is 19.6 Å². The number of nitrogens with one attached hydrogen (secondary N) is 1. The van der Waals surface area contributed by atoms with Gasteiger partial charge in [-0.3, -0.25) is 0 Å². The van der Waals surface area contributed by atoms with Crippen LogP contribution in [0.15, 0.2) is 24.3 Å². The second-order valence-electron chi connectivity index (χ2n) is 6.20. The van der Waals surface area contributed by atoms with Gasteiger partial charge in [0.05, 0.1) is 12.2 Å². The molecular weight excluding hydrogens is 296 g/mol. The third-order valence-corrected chi connectivity index (χ3v) is 4.68. The van der Waals surface area contributed by atoms with E-state index in [2.05, 4.69) is 5.32 Å². The fourth-order valence-electron chi connectivity index (χ4n) is 2.97. The van der Waals surface area contributed by atoms with Gasteiger partial charge in [0, 0.05) is 25.0 Å². The van der Waals surface area contributed by atoms with Crippen molar-refractivity contribution in [3.63, 3.8) is 0 Å². The molecule has 0 spiro atoms.